The van der Waals surface area contributed by atoms with E-state index in [9.17, 15) is 23.5 Å². The lowest BCUT2D eigenvalue weighted by atomic mass is 9.96. The number of anilines is 1. The van der Waals surface area contributed by atoms with Gasteiger partial charge >= 0.3 is 0 Å². The van der Waals surface area contributed by atoms with E-state index in [-0.39, 0.29) is 36.5 Å². The molecule has 0 fully saturated rings. The van der Waals surface area contributed by atoms with Gasteiger partial charge in [-0.3, -0.25) is 9.59 Å². The van der Waals surface area contributed by atoms with Gasteiger partial charge in [0.1, 0.15) is 17.7 Å². The van der Waals surface area contributed by atoms with E-state index in [0.29, 0.717) is 17.7 Å². The zero-order chi connectivity index (χ0) is 25.4. The minimum atomic E-state index is -1.29. The number of ketones is 1. The van der Waals surface area contributed by atoms with Gasteiger partial charge in [-0.05, 0) is 59.9 Å². The summed E-state index contributed by atoms with van der Waals surface area (Å²) in [5, 5.41) is 13.0. The lowest BCUT2D eigenvalue weighted by Gasteiger charge is -2.18. The summed E-state index contributed by atoms with van der Waals surface area (Å²) < 4.78 is 27.1. The molecular formula is C27H29F2N3O3. The van der Waals surface area contributed by atoms with Gasteiger partial charge in [-0.15, -0.1) is 0 Å². The molecule has 0 radical (unpaired) electrons. The third-order valence-electron chi connectivity index (χ3n) is 5.60. The van der Waals surface area contributed by atoms with Crippen LogP contribution < -0.4 is 16.8 Å². The highest BCUT2D eigenvalue weighted by molar-refractivity contribution is 5.91. The number of aliphatic hydroxyl groups excluding tert-OH is 1. The summed E-state index contributed by atoms with van der Waals surface area (Å²) in [4.78, 5) is 24.7. The molecule has 35 heavy (non-hydrogen) atoms. The van der Waals surface area contributed by atoms with Gasteiger partial charge in [-0.1, -0.05) is 42.5 Å². The van der Waals surface area contributed by atoms with Crippen LogP contribution in [0, 0.1) is 11.6 Å². The molecule has 6 N–H and O–H groups in total. The van der Waals surface area contributed by atoms with E-state index in [2.05, 4.69) is 5.32 Å². The number of Topliss-reactive ketones (excluding diaryl/α,β-unsaturated/α-hetero) is 1. The van der Waals surface area contributed by atoms with Crippen molar-refractivity contribution in [3.63, 3.8) is 0 Å². The van der Waals surface area contributed by atoms with E-state index < -0.39 is 29.8 Å². The molecule has 3 unspecified atom stereocenters. The maximum absolute atomic E-state index is 13.8. The molecule has 3 aromatic carbocycles. The van der Waals surface area contributed by atoms with Crippen LogP contribution >= 0.6 is 0 Å². The van der Waals surface area contributed by atoms with Crippen molar-refractivity contribution >= 4 is 17.4 Å². The van der Waals surface area contributed by atoms with Gasteiger partial charge in [0.05, 0.1) is 0 Å². The Morgan fingerprint density at radius 1 is 0.886 bits per heavy atom. The molecule has 3 atom stereocenters. The first kappa shape index (κ1) is 26.2. The molecular weight excluding hydrogens is 452 g/mol. The maximum Gasteiger partial charge on any atom is 0.225 e. The van der Waals surface area contributed by atoms with Gasteiger partial charge in [-0.25, -0.2) is 8.78 Å². The van der Waals surface area contributed by atoms with Gasteiger partial charge in [-0.2, -0.15) is 0 Å². The highest BCUT2D eigenvalue weighted by atomic mass is 19.1. The number of aliphatic hydroxyl groups is 1. The Kier molecular flexibility index (Phi) is 9.19. The number of carbonyl (C=O) groups is 2. The van der Waals surface area contributed by atoms with Crippen LogP contribution in [-0.2, 0) is 28.9 Å². The van der Waals surface area contributed by atoms with Gasteiger partial charge < -0.3 is 21.9 Å². The first-order chi connectivity index (χ1) is 16.7. The zero-order valence-electron chi connectivity index (χ0n) is 19.2. The van der Waals surface area contributed by atoms with Crippen LogP contribution in [0.25, 0.3) is 0 Å². The van der Waals surface area contributed by atoms with Crippen molar-refractivity contribution in [2.24, 2.45) is 11.5 Å². The molecule has 0 bridgehead atoms. The molecule has 6 nitrogen and oxygen atoms in total. The van der Waals surface area contributed by atoms with Crippen molar-refractivity contribution in [2.75, 3.05) is 5.32 Å². The number of nitrogens with two attached hydrogens (primary N) is 2. The van der Waals surface area contributed by atoms with Gasteiger partial charge in [0, 0.05) is 30.6 Å². The van der Waals surface area contributed by atoms with Crippen LogP contribution in [-0.4, -0.2) is 35.0 Å². The zero-order valence-corrected chi connectivity index (χ0v) is 19.2. The number of rotatable bonds is 11. The van der Waals surface area contributed by atoms with Gasteiger partial charge in [0.25, 0.3) is 0 Å². The lowest BCUT2D eigenvalue weighted by molar-refractivity contribution is -0.127. The topological polar surface area (TPSA) is 118 Å². The second kappa shape index (κ2) is 12.3. The second-order valence-corrected chi connectivity index (χ2v) is 8.59. The quantitative estimate of drug-likeness (QED) is 0.336. The molecule has 0 aliphatic rings. The third kappa shape index (κ3) is 8.06. The Bertz CT molecular complexity index is 1140. The average Bonchev–Trinajstić information content (AvgIpc) is 2.82. The van der Waals surface area contributed by atoms with Crippen molar-refractivity contribution in [2.45, 2.75) is 43.9 Å². The van der Waals surface area contributed by atoms with Crippen LogP contribution in [0.15, 0.2) is 72.8 Å². The Morgan fingerprint density at radius 3 is 2.26 bits per heavy atom. The first-order valence-corrected chi connectivity index (χ1v) is 11.3. The fourth-order valence-corrected chi connectivity index (χ4v) is 3.75. The Labute approximate surface area is 203 Å². The minimum Gasteiger partial charge on any atom is -0.384 e. The summed E-state index contributed by atoms with van der Waals surface area (Å²) >= 11 is 0. The molecule has 0 spiro atoms. The number of hydrogen-bond acceptors (Lipinski definition) is 5. The molecule has 0 saturated heterocycles. The number of halogens is 2. The molecule has 1 amide bonds. The van der Waals surface area contributed by atoms with Gasteiger partial charge in [0.15, 0.2) is 5.78 Å². The Morgan fingerprint density at radius 2 is 1.57 bits per heavy atom. The molecule has 3 rings (SSSR count). The normalized spacial score (nSPS) is 13.6. The first-order valence-electron chi connectivity index (χ1n) is 11.3. The maximum atomic E-state index is 13.8. The van der Waals surface area contributed by atoms with E-state index in [4.69, 9.17) is 11.5 Å². The predicted octanol–water partition coefficient (Wildman–Crippen LogP) is 2.91. The predicted molar refractivity (Wildman–Crippen MR) is 131 cm³/mol. The van der Waals surface area contributed by atoms with Crippen molar-refractivity contribution in [1.29, 1.82) is 0 Å². The summed E-state index contributed by atoms with van der Waals surface area (Å²) in [6.45, 7) is 0. The number of carbonyl (C=O) groups excluding carboxylic acids is 2. The van der Waals surface area contributed by atoms with Crippen LogP contribution in [0.5, 0.6) is 0 Å². The minimum absolute atomic E-state index is 0.00194. The molecule has 0 aliphatic heterocycles. The largest absolute Gasteiger partial charge is 0.384 e. The number of hydrogen-bond donors (Lipinski definition) is 4. The van der Waals surface area contributed by atoms with E-state index in [0.717, 1.165) is 23.8 Å². The van der Waals surface area contributed by atoms with E-state index >= 15 is 0 Å². The molecule has 184 valence electrons. The summed E-state index contributed by atoms with van der Waals surface area (Å²) in [6, 6.07) is 17.7. The summed E-state index contributed by atoms with van der Waals surface area (Å²) in [7, 11) is 0. The van der Waals surface area contributed by atoms with Crippen molar-refractivity contribution in [3.8, 4) is 0 Å². The molecule has 0 heterocycles. The smallest absolute Gasteiger partial charge is 0.225 e. The van der Waals surface area contributed by atoms with Crippen molar-refractivity contribution in [1.82, 2.24) is 0 Å². The van der Waals surface area contributed by atoms with Crippen LogP contribution in [0.3, 0.4) is 0 Å². The number of nitrogens with one attached hydrogen (secondary N) is 1. The van der Waals surface area contributed by atoms with Gasteiger partial charge in [0.2, 0.25) is 5.91 Å². The van der Waals surface area contributed by atoms with Crippen LogP contribution in [0.2, 0.25) is 0 Å². The van der Waals surface area contributed by atoms with Crippen LogP contribution in [0.1, 0.15) is 23.1 Å². The van der Waals surface area contributed by atoms with Crippen LogP contribution in [0.4, 0.5) is 14.5 Å². The molecule has 8 heteroatoms. The lowest BCUT2D eigenvalue weighted by Crippen LogP contribution is -2.42. The standard InChI is InChI=1S/C27H29F2N3O3/c28-20-8-11-23(29)19(14-20)15-21(30)16-26(34)32-22-9-6-18(7-10-22)13-25(33)27(35)24(31)12-17-4-2-1-3-5-17/h1-11,14,21,24,27,35H,12-13,15-16,30-31H2,(H,32,34). The van der Waals surface area contributed by atoms with Crippen molar-refractivity contribution in [3.05, 3.63) is 101 Å². The molecule has 0 aliphatic carbocycles. The molecule has 0 saturated carbocycles. The highest BCUT2D eigenvalue weighted by Gasteiger charge is 2.23. The summed E-state index contributed by atoms with van der Waals surface area (Å²) in [5.74, 6) is -1.90. The molecule has 0 aromatic heterocycles. The second-order valence-electron chi connectivity index (χ2n) is 8.59. The average molecular weight is 482 g/mol. The highest BCUT2D eigenvalue weighted by Crippen LogP contribution is 2.15. The number of amides is 1. The number of benzene rings is 3. The van der Waals surface area contributed by atoms with E-state index in [1.54, 1.807) is 24.3 Å². The summed E-state index contributed by atoms with van der Waals surface area (Å²) in [5.41, 5.74) is 14.2. The third-order valence-corrected chi connectivity index (χ3v) is 5.60. The fourth-order valence-electron chi connectivity index (χ4n) is 3.75. The molecule has 3 aromatic rings. The fraction of sp³-hybridized carbons (Fsp3) is 0.259. The van der Waals surface area contributed by atoms with E-state index in [1.807, 2.05) is 30.3 Å². The Hall–Kier alpha value is -3.46. The Balaban J connectivity index is 1.47. The van der Waals surface area contributed by atoms with Crippen molar-refractivity contribution < 1.29 is 23.5 Å². The van der Waals surface area contributed by atoms with E-state index in [1.165, 1.54) is 0 Å². The SMILES string of the molecule is NC(CC(=O)Nc1ccc(CC(=O)C(O)C(N)Cc2ccccc2)cc1)Cc1cc(F)ccc1F. The summed E-state index contributed by atoms with van der Waals surface area (Å²) in [6.07, 6.45) is -0.970. The monoisotopic (exact) mass is 481 g/mol.